The molecule has 0 saturated carbocycles. The van der Waals surface area contributed by atoms with Crippen molar-refractivity contribution >= 4 is 39.8 Å². The van der Waals surface area contributed by atoms with Crippen LogP contribution in [0, 0.1) is 0 Å². The number of anilines is 1. The largest absolute Gasteiger partial charge is 0.497 e. The van der Waals surface area contributed by atoms with Crippen molar-refractivity contribution in [1.82, 2.24) is 4.98 Å². The standard InChI is InChI=1S/C21H19ClN2O4S/c1-3-11-28-21(26)17-16(13-6-8-14(27-2)9-7-13)12-29-20(17)24-19(25)15-5-4-10-23-18(15)22/h4-10,12H,3,11H2,1-2H3,(H,24,25). The number of halogens is 1. The molecule has 3 rings (SSSR count). The lowest BCUT2D eigenvalue weighted by atomic mass is 10.0. The summed E-state index contributed by atoms with van der Waals surface area (Å²) in [7, 11) is 1.59. The lowest BCUT2D eigenvalue weighted by molar-refractivity contribution is 0.0508. The molecule has 0 bridgehead atoms. The molecular formula is C21H19ClN2O4S. The van der Waals surface area contributed by atoms with Crippen LogP contribution < -0.4 is 10.1 Å². The Hall–Kier alpha value is -2.90. The highest BCUT2D eigenvalue weighted by Crippen LogP contribution is 2.37. The number of methoxy groups -OCH3 is 1. The maximum Gasteiger partial charge on any atom is 0.341 e. The Morgan fingerprint density at radius 1 is 1.21 bits per heavy atom. The third-order valence-corrected chi connectivity index (χ3v) is 5.26. The first kappa shape index (κ1) is 20.8. The maximum atomic E-state index is 12.8. The van der Waals surface area contributed by atoms with Gasteiger partial charge in [0.2, 0.25) is 0 Å². The lowest BCUT2D eigenvalue weighted by Gasteiger charge is -2.10. The van der Waals surface area contributed by atoms with Crippen molar-refractivity contribution in [3.05, 3.63) is 64.3 Å². The molecule has 0 atom stereocenters. The van der Waals surface area contributed by atoms with Crippen molar-refractivity contribution in [2.75, 3.05) is 19.0 Å². The number of thiophene rings is 1. The van der Waals surface area contributed by atoms with Crippen LogP contribution in [0.1, 0.15) is 34.1 Å². The summed E-state index contributed by atoms with van der Waals surface area (Å²) in [6.45, 7) is 2.21. The van der Waals surface area contributed by atoms with E-state index >= 15 is 0 Å². The van der Waals surface area contributed by atoms with Crippen LogP contribution >= 0.6 is 22.9 Å². The second-order valence-corrected chi connectivity index (χ2v) is 7.25. The Morgan fingerprint density at radius 2 is 1.97 bits per heavy atom. The molecule has 0 aliphatic rings. The monoisotopic (exact) mass is 430 g/mol. The molecule has 6 nitrogen and oxygen atoms in total. The van der Waals surface area contributed by atoms with Crippen LogP contribution in [0.3, 0.4) is 0 Å². The van der Waals surface area contributed by atoms with Gasteiger partial charge in [0.1, 0.15) is 21.5 Å². The van der Waals surface area contributed by atoms with Crippen LogP contribution in [-0.4, -0.2) is 30.6 Å². The van der Waals surface area contributed by atoms with E-state index < -0.39 is 11.9 Å². The fraction of sp³-hybridized carbons (Fsp3) is 0.190. The van der Waals surface area contributed by atoms with Gasteiger partial charge in [0.15, 0.2) is 0 Å². The van der Waals surface area contributed by atoms with Gasteiger partial charge >= 0.3 is 5.97 Å². The predicted octanol–water partition coefficient (Wildman–Crippen LogP) is 5.29. The Kier molecular flexibility index (Phi) is 6.85. The SMILES string of the molecule is CCCOC(=O)c1c(-c2ccc(OC)cc2)csc1NC(=O)c1cccnc1Cl. The van der Waals surface area contributed by atoms with Gasteiger partial charge in [-0.05, 0) is 36.2 Å². The van der Waals surface area contributed by atoms with E-state index in [9.17, 15) is 9.59 Å². The first-order valence-corrected chi connectivity index (χ1v) is 10.2. The molecule has 1 N–H and O–H groups in total. The summed E-state index contributed by atoms with van der Waals surface area (Å²) in [6.07, 6.45) is 2.19. The van der Waals surface area contributed by atoms with Crippen LogP contribution in [0.15, 0.2) is 48.0 Å². The van der Waals surface area contributed by atoms with Crippen molar-refractivity contribution in [2.24, 2.45) is 0 Å². The average molecular weight is 431 g/mol. The van der Waals surface area contributed by atoms with Gasteiger partial charge in [0.05, 0.1) is 19.3 Å². The second-order valence-electron chi connectivity index (χ2n) is 6.01. The smallest absolute Gasteiger partial charge is 0.341 e. The Bertz CT molecular complexity index is 1020. The third kappa shape index (κ3) is 4.75. The number of ether oxygens (including phenoxy) is 2. The van der Waals surface area contributed by atoms with Gasteiger partial charge in [-0.3, -0.25) is 4.79 Å². The maximum absolute atomic E-state index is 12.8. The molecule has 8 heteroatoms. The number of nitrogens with zero attached hydrogens (tertiary/aromatic N) is 1. The van der Waals surface area contributed by atoms with Gasteiger partial charge in [0.25, 0.3) is 5.91 Å². The van der Waals surface area contributed by atoms with E-state index in [0.717, 1.165) is 5.56 Å². The van der Waals surface area contributed by atoms with Crippen LogP contribution in [-0.2, 0) is 4.74 Å². The Morgan fingerprint density at radius 3 is 2.62 bits per heavy atom. The van der Waals surface area contributed by atoms with E-state index in [1.165, 1.54) is 17.5 Å². The topological polar surface area (TPSA) is 77.5 Å². The second kappa shape index (κ2) is 9.54. The zero-order valence-electron chi connectivity index (χ0n) is 15.9. The van der Waals surface area contributed by atoms with Crippen molar-refractivity contribution in [3.8, 4) is 16.9 Å². The highest BCUT2D eigenvalue weighted by atomic mass is 35.5. The molecule has 1 aromatic carbocycles. The number of hydrogen-bond donors (Lipinski definition) is 1. The summed E-state index contributed by atoms with van der Waals surface area (Å²) in [5.41, 5.74) is 2.01. The van der Waals surface area contributed by atoms with Crippen LogP contribution in [0.5, 0.6) is 5.75 Å². The quantitative estimate of drug-likeness (QED) is 0.407. The zero-order chi connectivity index (χ0) is 20.8. The molecule has 0 unspecified atom stereocenters. The first-order chi connectivity index (χ1) is 14.0. The highest BCUT2D eigenvalue weighted by molar-refractivity contribution is 7.15. The van der Waals surface area contributed by atoms with Crippen molar-refractivity contribution in [3.63, 3.8) is 0 Å². The van der Waals surface area contributed by atoms with E-state index in [0.29, 0.717) is 34.9 Å². The number of esters is 1. The molecule has 150 valence electrons. The van der Waals surface area contributed by atoms with Crippen molar-refractivity contribution in [2.45, 2.75) is 13.3 Å². The number of nitrogens with one attached hydrogen (secondary N) is 1. The lowest BCUT2D eigenvalue weighted by Crippen LogP contribution is -2.15. The molecule has 0 radical (unpaired) electrons. The number of amides is 1. The summed E-state index contributed by atoms with van der Waals surface area (Å²) in [5, 5.41) is 5.06. The number of hydrogen-bond acceptors (Lipinski definition) is 6. The summed E-state index contributed by atoms with van der Waals surface area (Å²) in [6, 6.07) is 10.5. The van der Waals surface area contributed by atoms with Gasteiger partial charge in [0, 0.05) is 17.1 Å². The molecule has 29 heavy (non-hydrogen) atoms. The minimum absolute atomic E-state index is 0.0899. The molecule has 0 spiro atoms. The molecule has 3 aromatic rings. The number of carbonyl (C=O) groups is 2. The minimum atomic E-state index is -0.494. The summed E-state index contributed by atoms with van der Waals surface area (Å²) in [5.74, 6) is -0.235. The number of rotatable bonds is 7. The van der Waals surface area contributed by atoms with Gasteiger partial charge in [-0.15, -0.1) is 11.3 Å². The normalized spacial score (nSPS) is 10.4. The summed E-state index contributed by atoms with van der Waals surface area (Å²) in [4.78, 5) is 29.3. The Balaban J connectivity index is 1.98. The number of benzene rings is 1. The van der Waals surface area contributed by atoms with E-state index in [1.54, 1.807) is 19.2 Å². The minimum Gasteiger partial charge on any atom is -0.497 e. The fourth-order valence-corrected chi connectivity index (χ4v) is 3.79. The van der Waals surface area contributed by atoms with Gasteiger partial charge in [-0.2, -0.15) is 0 Å². The summed E-state index contributed by atoms with van der Waals surface area (Å²) < 4.78 is 10.5. The molecule has 2 heterocycles. The molecule has 0 aliphatic carbocycles. The zero-order valence-corrected chi connectivity index (χ0v) is 17.5. The summed E-state index contributed by atoms with van der Waals surface area (Å²) >= 11 is 7.26. The third-order valence-electron chi connectivity index (χ3n) is 4.06. The Labute approximate surface area is 177 Å². The fourth-order valence-electron chi connectivity index (χ4n) is 2.63. The van der Waals surface area contributed by atoms with Crippen LogP contribution in [0.25, 0.3) is 11.1 Å². The number of aromatic nitrogens is 1. The highest BCUT2D eigenvalue weighted by Gasteiger charge is 2.24. The molecule has 2 aromatic heterocycles. The molecule has 0 fully saturated rings. The predicted molar refractivity (Wildman–Crippen MR) is 114 cm³/mol. The van der Waals surface area contributed by atoms with E-state index in [4.69, 9.17) is 21.1 Å². The van der Waals surface area contributed by atoms with Gasteiger partial charge in [-0.1, -0.05) is 30.7 Å². The first-order valence-electron chi connectivity index (χ1n) is 8.90. The van der Waals surface area contributed by atoms with Crippen molar-refractivity contribution in [1.29, 1.82) is 0 Å². The van der Waals surface area contributed by atoms with Gasteiger partial charge in [-0.25, -0.2) is 9.78 Å². The molecule has 0 saturated heterocycles. The molecular weight excluding hydrogens is 412 g/mol. The van der Waals surface area contributed by atoms with Crippen molar-refractivity contribution < 1.29 is 19.1 Å². The van der Waals surface area contributed by atoms with E-state index in [2.05, 4.69) is 10.3 Å². The van der Waals surface area contributed by atoms with E-state index in [-0.39, 0.29) is 10.7 Å². The van der Waals surface area contributed by atoms with E-state index in [1.807, 2.05) is 36.6 Å². The molecule has 1 amide bonds. The number of carbonyl (C=O) groups excluding carboxylic acids is 2. The average Bonchev–Trinajstić information content (AvgIpc) is 3.15. The molecule has 0 aliphatic heterocycles. The van der Waals surface area contributed by atoms with Crippen LogP contribution in [0.4, 0.5) is 5.00 Å². The number of pyridine rings is 1. The van der Waals surface area contributed by atoms with Gasteiger partial charge < -0.3 is 14.8 Å². The van der Waals surface area contributed by atoms with Crippen LogP contribution in [0.2, 0.25) is 5.15 Å².